The maximum atomic E-state index is 11.3. The Kier molecular flexibility index (Phi) is 5.77. The number of methoxy groups -OCH3 is 1. The molecule has 0 aromatic carbocycles. The molecule has 0 amide bonds. The van der Waals surface area contributed by atoms with E-state index in [0.29, 0.717) is 6.04 Å². The molecule has 1 saturated heterocycles. The van der Waals surface area contributed by atoms with Crippen molar-refractivity contribution in [3.05, 3.63) is 0 Å². The van der Waals surface area contributed by atoms with Crippen LogP contribution in [0.3, 0.4) is 0 Å². The third-order valence-corrected chi connectivity index (χ3v) is 3.17. The van der Waals surface area contributed by atoms with Gasteiger partial charge in [0.1, 0.15) is 6.04 Å². The van der Waals surface area contributed by atoms with Gasteiger partial charge in [-0.2, -0.15) is 0 Å². The fourth-order valence-electron chi connectivity index (χ4n) is 2.24. The molecule has 4 nitrogen and oxygen atoms in total. The zero-order valence-electron chi connectivity index (χ0n) is 10.7. The van der Waals surface area contributed by atoms with Gasteiger partial charge in [0.25, 0.3) is 0 Å². The fourth-order valence-corrected chi connectivity index (χ4v) is 2.24. The van der Waals surface area contributed by atoms with Crippen molar-refractivity contribution in [1.82, 2.24) is 10.2 Å². The van der Waals surface area contributed by atoms with Crippen molar-refractivity contribution in [2.24, 2.45) is 0 Å². The highest BCUT2D eigenvalue weighted by Crippen LogP contribution is 2.11. The molecule has 1 N–H and O–H groups in total. The first-order chi connectivity index (χ1) is 7.67. The lowest BCUT2D eigenvalue weighted by Crippen LogP contribution is -2.48. The number of hydrogen-bond donors (Lipinski definition) is 1. The Hall–Kier alpha value is -0.610. The molecule has 0 bridgehead atoms. The average molecular weight is 228 g/mol. The van der Waals surface area contributed by atoms with Gasteiger partial charge >= 0.3 is 5.97 Å². The summed E-state index contributed by atoms with van der Waals surface area (Å²) in [4.78, 5) is 13.7. The van der Waals surface area contributed by atoms with Crippen LogP contribution in [0.1, 0.15) is 33.1 Å². The molecule has 0 unspecified atom stereocenters. The number of likely N-dealkylation sites (tertiary alicyclic amines) is 1. The third-order valence-electron chi connectivity index (χ3n) is 3.17. The minimum atomic E-state index is -0.187. The van der Waals surface area contributed by atoms with E-state index in [1.165, 1.54) is 20.1 Å². The van der Waals surface area contributed by atoms with Crippen molar-refractivity contribution >= 4 is 5.97 Å². The second-order valence-electron chi connectivity index (χ2n) is 4.53. The molecule has 1 aliphatic rings. The molecule has 1 rings (SSSR count). The van der Waals surface area contributed by atoms with E-state index in [9.17, 15) is 4.79 Å². The smallest absolute Gasteiger partial charge is 0.322 e. The molecule has 0 radical (unpaired) electrons. The highest BCUT2D eigenvalue weighted by molar-refractivity contribution is 5.75. The molecule has 94 valence electrons. The normalized spacial score (nSPS) is 20.7. The summed E-state index contributed by atoms with van der Waals surface area (Å²) < 4.78 is 4.70. The molecule has 16 heavy (non-hydrogen) atoms. The molecular weight excluding hydrogens is 204 g/mol. The average Bonchev–Trinajstić information content (AvgIpc) is 2.31. The van der Waals surface area contributed by atoms with Crippen molar-refractivity contribution in [3.8, 4) is 0 Å². The number of rotatable bonds is 5. The lowest BCUT2D eigenvalue weighted by molar-refractivity contribution is -0.142. The summed E-state index contributed by atoms with van der Waals surface area (Å²) in [5, 5.41) is 3.33. The quantitative estimate of drug-likeness (QED) is 0.713. The SMILES string of the molecule is CCCN1CCC(N[C@@H](C)C(=O)OC)CC1. The van der Waals surface area contributed by atoms with E-state index in [4.69, 9.17) is 4.74 Å². The Morgan fingerprint density at radius 3 is 2.62 bits per heavy atom. The number of ether oxygens (including phenoxy) is 1. The number of piperidine rings is 1. The predicted octanol–water partition coefficient (Wildman–Crippen LogP) is 1.01. The topological polar surface area (TPSA) is 41.6 Å². The molecular formula is C12H24N2O2. The monoisotopic (exact) mass is 228 g/mol. The number of esters is 1. The summed E-state index contributed by atoms with van der Waals surface area (Å²) >= 11 is 0. The number of carbonyl (C=O) groups is 1. The predicted molar refractivity (Wildman–Crippen MR) is 64.4 cm³/mol. The molecule has 4 heteroatoms. The van der Waals surface area contributed by atoms with E-state index in [0.717, 1.165) is 25.9 Å². The van der Waals surface area contributed by atoms with Gasteiger partial charge in [0.05, 0.1) is 7.11 Å². The Bertz CT molecular complexity index is 213. The van der Waals surface area contributed by atoms with Gasteiger partial charge in [0, 0.05) is 6.04 Å². The van der Waals surface area contributed by atoms with E-state index in [2.05, 4.69) is 17.1 Å². The van der Waals surface area contributed by atoms with Gasteiger partial charge in [-0.05, 0) is 45.8 Å². The van der Waals surface area contributed by atoms with Crippen molar-refractivity contribution in [2.45, 2.75) is 45.2 Å². The number of nitrogens with one attached hydrogen (secondary N) is 1. The zero-order valence-corrected chi connectivity index (χ0v) is 10.7. The van der Waals surface area contributed by atoms with Gasteiger partial charge in [-0.25, -0.2) is 0 Å². The second kappa shape index (κ2) is 6.86. The van der Waals surface area contributed by atoms with Crippen LogP contribution in [-0.4, -0.2) is 49.7 Å². The zero-order chi connectivity index (χ0) is 12.0. The molecule has 1 aliphatic heterocycles. The molecule has 1 heterocycles. The Labute approximate surface area is 98.3 Å². The van der Waals surface area contributed by atoms with Crippen LogP contribution in [0.2, 0.25) is 0 Å². The molecule has 0 aliphatic carbocycles. The number of carbonyl (C=O) groups excluding carboxylic acids is 1. The van der Waals surface area contributed by atoms with Gasteiger partial charge < -0.3 is 15.0 Å². The standard InChI is InChI=1S/C12H24N2O2/c1-4-7-14-8-5-11(6-9-14)13-10(2)12(15)16-3/h10-11,13H,4-9H2,1-3H3/t10-/m0/s1. The number of nitrogens with zero attached hydrogens (tertiary/aromatic N) is 1. The minimum absolute atomic E-state index is 0.170. The number of hydrogen-bond acceptors (Lipinski definition) is 4. The van der Waals surface area contributed by atoms with E-state index in [-0.39, 0.29) is 12.0 Å². The van der Waals surface area contributed by atoms with Crippen LogP contribution in [-0.2, 0) is 9.53 Å². The van der Waals surface area contributed by atoms with Gasteiger partial charge in [-0.3, -0.25) is 4.79 Å². The summed E-state index contributed by atoms with van der Waals surface area (Å²) in [5.74, 6) is -0.170. The molecule has 1 fully saturated rings. The molecule has 0 aromatic rings. The Morgan fingerprint density at radius 1 is 1.50 bits per heavy atom. The lowest BCUT2D eigenvalue weighted by atomic mass is 10.0. The fraction of sp³-hybridized carbons (Fsp3) is 0.917. The van der Waals surface area contributed by atoms with Crippen LogP contribution in [0, 0.1) is 0 Å². The van der Waals surface area contributed by atoms with Crippen LogP contribution in [0.15, 0.2) is 0 Å². The molecule has 0 saturated carbocycles. The summed E-state index contributed by atoms with van der Waals surface area (Å²) in [6, 6.07) is 0.273. The molecule has 0 spiro atoms. The van der Waals surface area contributed by atoms with Gasteiger partial charge in [0.2, 0.25) is 0 Å². The highest BCUT2D eigenvalue weighted by Gasteiger charge is 2.22. The van der Waals surface area contributed by atoms with Gasteiger partial charge in [-0.1, -0.05) is 6.92 Å². The molecule has 1 atom stereocenters. The summed E-state index contributed by atoms with van der Waals surface area (Å²) in [5.41, 5.74) is 0. The maximum Gasteiger partial charge on any atom is 0.322 e. The first-order valence-corrected chi connectivity index (χ1v) is 6.23. The Balaban J connectivity index is 2.24. The summed E-state index contributed by atoms with van der Waals surface area (Å²) in [7, 11) is 1.43. The van der Waals surface area contributed by atoms with Crippen LogP contribution < -0.4 is 5.32 Å². The van der Waals surface area contributed by atoms with Crippen molar-refractivity contribution in [2.75, 3.05) is 26.7 Å². The van der Waals surface area contributed by atoms with E-state index < -0.39 is 0 Å². The van der Waals surface area contributed by atoms with Crippen LogP contribution >= 0.6 is 0 Å². The molecule has 0 aromatic heterocycles. The van der Waals surface area contributed by atoms with E-state index in [1.54, 1.807) is 0 Å². The lowest BCUT2D eigenvalue weighted by Gasteiger charge is -2.33. The minimum Gasteiger partial charge on any atom is -0.468 e. The van der Waals surface area contributed by atoms with Gasteiger partial charge in [-0.15, -0.1) is 0 Å². The first-order valence-electron chi connectivity index (χ1n) is 6.23. The van der Waals surface area contributed by atoms with Crippen LogP contribution in [0.5, 0.6) is 0 Å². The van der Waals surface area contributed by atoms with Crippen molar-refractivity contribution in [1.29, 1.82) is 0 Å². The van der Waals surface area contributed by atoms with E-state index in [1.807, 2.05) is 6.92 Å². The summed E-state index contributed by atoms with van der Waals surface area (Å²) in [6.45, 7) is 7.55. The van der Waals surface area contributed by atoms with Crippen LogP contribution in [0.25, 0.3) is 0 Å². The largest absolute Gasteiger partial charge is 0.468 e. The van der Waals surface area contributed by atoms with Crippen LogP contribution in [0.4, 0.5) is 0 Å². The van der Waals surface area contributed by atoms with Crippen molar-refractivity contribution < 1.29 is 9.53 Å². The second-order valence-corrected chi connectivity index (χ2v) is 4.53. The first kappa shape index (κ1) is 13.5. The highest BCUT2D eigenvalue weighted by atomic mass is 16.5. The van der Waals surface area contributed by atoms with Crippen molar-refractivity contribution in [3.63, 3.8) is 0 Å². The third kappa shape index (κ3) is 4.10. The van der Waals surface area contributed by atoms with E-state index >= 15 is 0 Å². The van der Waals surface area contributed by atoms with Gasteiger partial charge in [0.15, 0.2) is 0 Å². The maximum absolute atomic E-state index is 11.3. The Morgan fingerprint density at radius 2 is 2.12 bits per heavy atom. The summed E-state index contributed by atoms with van der Waals surface area (Å²) in [6.07, 6.45) is 3.47.